The molecule has 0 aliphatic rings. The highest BCUT2D eigenvalue weighted by Gasteiger charge is 2.20. The van der Waals surface area contributed by atoms with Gasteiger partial charge in [-0.3, -0.25) is 0 Å². The number of benzene rings is 11. The molecule has 12 aromatic rings. The highest BCUT2D eigenvalue weighted by molar-refractivity contribution is 6.15. The van der Waals surface area contributed by atoms with Crippen molar-refractivity contribution in [3.63, 3.8) is 0 Å². The van der Waals surface area contributed by atoms with Gasteiger partial charge in [-0.15, -0.1) is 0 Å². The second kappa shape index (κ2) is 14.8. The van der Waals surface area contributed by atoms with Gasteiger partial charge >= 0.3 is 0 Å². The standard InChI is InChI=1S/C60H39NO/c1-2-13-40(14-3-1)41-25-27-45(28-26-41)59-50-18-7-4-15-42(50)33-38-52(59)44-31-36-48(37-32-44)61(56-39-46-16-5-6-17-49(46)53-19-8-9-20-54(53)56)47-34-29-43(30-35-47)51-22-12-24-58-60(51)55-21-10-11-23-57(55)62-58/h1-39H. The number of para-hydroxylation sites is 1. The van der Waals surface area contributed by atoms with Crippen molar-refractivity contribution in [3.05, 3.63) is 237 Å². The van der Waals surface area contributed by atoms with Gasteiger partial charge in [-0.05, 0) is 114 Å². The quantitative estimate of drug-likeness (QED) is 0.150. The molecule has 0 atom stereocenters. The summed E-state index contributed by atoms with van der Waals surface area (Å²) in [5, 5.41) is 9.63. The Hall–Kier alpha value is -8.20. The van der Waals surface area contributed by atoms with Gasteiger partial charge in [0, 0.05) is 27.5 Å². The van der Waals surface area contributed by atoms with E-state index in [0.717, 1.165) is 50.1 Å². The summed E-state index contributed by atoms with van der Waals surface area (Å²) < 4.78 is 6.28. The third-order valence-electron chi connectivity index (χ3n) is 12.5. The molecule has 0 radical (unpaired) electrons. The molecule has 0 spiro atoms. The first-order valence-corrected chi connectivity index (χ1v) is 21.2. The van der Waals surface area contributed by atoms with Gasteiger partial charge in [0.15, 0.2) is 0 Å². The van der Waals surface area contributed by atoms with E-state index in [1.54, 1.807) is 0 Å². The summed E-state index contributed by atoms with van der Waals surface area (Å²) in [7, 11) is 0. The van der Waals surface area contributed by atoms with Crippen LogP contribution in [0.3, 0.4) is 0 Å². The number of hydrogen-bond acceptors (Lipinski definition) is 2. The summed E-state index contributed by atoms with van der Waals surface area (Å²) in [6.45, 7) is 0. The lowest BCUT2D eigenvalue weighted by Gasteiger charge is -2.28. The van der Waals surface area contributed by atoms with Gasteiger partial charge in [-0.1, -0.05) is 194 Å². The molecule has 0 aliphatic heterocycles. The largest absolute Gasteiger partial charge is 0.456 e. The van der Waals surface area contributed by atoms with E-state index >= 15 is 0 Å². The van der Waals surface area contributed by atoms with E-state index in [1.807, 2.05) is 12.1 Å². The average Bonchev–Trinajstić information content (AvgIpc) is 3.74. The Kier molecular flexibility index (Phi) is 8.53. The fourth-order valence-corrected chi connectivity index (χ4v) is 9.53. The van der Waals surface area contributed by atoms with Gasteiger partial charge in [0.05, 0.1) is 5.69 Å². The van der Waals surface area contributed by atoms with E-state index in [2.05, 4.69) is 229 Å². The van der Waals surface area contributed by atoms with Crippen molar-refractivity contribution in [1.29, 1.82) is 0 Å². The Bertz CT molecular complexity index is 3600. The van der Waals surface area contributed by atoms with Crippen LogP contribution >= 0.6 is 0 Å². The van der Waals surface area contributed by atoms with Crippen molar-refractivity contribution >= 4 is 71.3 Å². The second-order valence-electron chi connectivity index (χ2n) is 16.0. The van der Waals surface area contributed by atoms with E-state index in [1.165, 1.54) is 65.7 Å². The number of nitrogens with zero attached hydrogens (tertiary/aromatic N) is 1. The second-order valence-corrected chi connectivity index (χ2v) is 16.0. The molecule has 0 unspecified atom stereocenters. The van der Waals surface area contributed by atoms with Crippen LogP contribution in [-0.2, 0) is 0 Å². The monoisotopic (exact) mass is 789 g/mol. The van der Waals surface area contributed by atoms with Crippen molar-refractivity contribution in [1.82, 2.24) is 0 Å². The normalized spacial score (nSPS) is 11.5. The molecule has 12 rings (SSSR count). The molecule has 11 aromatic carbocycles. The van der Waals surface area contributed by atoms with Crippen molar-refractivity contribution in [2.75, 3.05) is 4.90 Å². The SMILES string of the molecule is c1ccc(-c2ccc(-c3c(-c4ccc(N(c5ccc(-c6cccc7oc8ccccc8c67)cc5)c5cc6ccccc6c6ccccc56)cc4)ccc4ccccc34)cc2)cc1. The van der Waals surface area contributed by atoms with Crippen LogP contribution in [0.2, 0.25) is 0 Å². The zero-order valence-electron chi connectivity index (χ0n) is 33.9. The molecule has 1 aromatic heterocycles. The van der Waals surface area contributed by atoms with Crippen LogP contribution in [0.1, 0.15) is 0 Å². The maximum absolute atomic E-state index is 6.28. The number of furan rings is 1. The lowest BCUT2D eigenvalue weighted by atomic mass is 9.89. The number of fused-ring (bicyclic) bond motifs is 7. The third-order valence-corrected chi connectivity index (χ3v) is 12.5. The van der Waals surface area contributed by atoms with Crippen LogP contribution in [0.15, 0.2) is 241 Å². The van der Waals surface area contributed by atoms with Crippen LogP contribution in [0, 0.1) is 0 Å². The Labute approximate surface area is 360 Å². The number of rotatable bonds is 7. The van der Waals surface area contributed by atoms with Crippen molar-refractivity contribution in [3.8, 4) is 44.5 Å². The fourth-order valence-electron chi connectivity index (χ4n) is 9.53. The molecular formula is C60H39NO. The third kappa shape index (κ3) is 6.04. The maximum atomic E-state index is 6.28. The molecule has 62 heavy (non-hydrogen) atoms. The first-order valence-electron chi connectivity index (χ1n) is 21.2. The van der Waals surface area contributed by atoms with Crippen LogP contribution in [0.25, 0.3) is 98.8 Å². The molecule has 0 saturated carbocycles. The summed E-state index contributed by atoms with van der Waals surface area (Å²) in [6.07, 6.45) is 0. The highest BCUT2D eigenvalue weighted by Crippen LogP contribution is 2.45. The molecule has 0 aliphatic carbocycles. The molecule has 0 bridgehead atoms. The lowest BCUT2D eigenvalue weighted by molar-refractivity contribution is 0.669. The summed E-state index contributed by atoms with van der Waals surface area (Å²) in [6, 6.07) is 85.5. The minimum atomic E-state index is 0.899. The molecular weight excluding hydrogens is 751 g/mol. The molecule has 2 heteroatoms. The number of hydrogen-bond donors (Lipinski definition) is 0. The van der Waals surface area contributed by atoms with Crippen molar-refractivity contribution in [2.24, 2.45) is 0 Å². The minimum absolute atomic E-state index is 0.899. The Balaban J connectivity index is 1.00. The fraction of sp³-hybridized carbons (Fsp3) is 0. The first kappa shape index (κ1) is 35.7. The summed E-state index contributed by atoms with van der Waals surface area (Å²) in [5.41, 5.74) is 14.6. The van der Waals surface area contributed by atoms with E-state index in [4.69, 9.17) is 4.42 Å². The topological polar surface area (TPSA) is 16.4 Å². The van der Waals surface area contributed by atoms with E-state index in [9.17, 15) is 0 Å². The van der Waals surface area contributed by atoms with Gasteiger partial charge in [0.25, 0.3) is 0 Å². The Morgan fingerprint density at radius 3 is 1.56 bits per heavy atom. The van der Waals surface area contributed by atoms with Gasteiger partial charge in [0.1, 0.15) is 11.2 Å². The van der Waals surface area contributed by atoms with E-state index in [-0.39, 0.29) is 0 Å². The molecule has 0 saturated heterocycles. The van der Waals surface area contributed by atoms with Gasteiger partial charge < -0.3 is 9.32 Å². The Morgan fingerprint density at radius 2 is 0.823 bits per heavy atom. The van der Waals surface area contributed by atoms with Crippen molar-refractivity contribution in [2.45, 2.75) is 0 Å². The smallest absolute Gasteiger partial charge is 0.136 e. The van der Waals surface area contributed by atoms with Crippen LogP contribution in [0.5, 0.6) is 0 Å². The summed E-state index contributed by atoms with van der Waals surface area (Å²) in [5.74, 6) is 0. The van der Waals surface area contributed by atoms with Gasteiger partial charge in [-0.2, -0.15) is 0 Å². The summed E-state index contributed by atoms with van der Waals surface area (Å²) >= 11 is 0. The number of anilines is 3. The first-order chi connectivity index (χ1) is 30.7. The zero-order valence-corrected chi connectivity index (χ0v) is 33.9. The molecule has 1 heterocycles. The maximum Gasteiger partial charge on any atom is 0.136 e. The van der Waals surface area contributed by atoms with E-state index in [0.29, 0.717) is 0 Å². The molecule has 0 fully saturated rings. The predicted molar refractivity (Wildman–Crippen MR) is 263 cm³/mol. The average molecular weight is 790 g/mol. The molecule has 2 nitrogen and oxygen atoms in total. The van der Waals surface area contributed by atoms with E-state index < -0.39 is 0 Å². The molecule has 0 amide bonds. The molecule has 0 N–H and O–H groups in total. The zero-order chi connectivity index (χ0) is 41.0. The van der Waals surface area contributed by atoms with Crippen LogP contribution < -0.4 is 4.90 Å². The Morgan fingerprint density at radius 1 is 0.290 bits per heavy atom. The summed E-state index contributed by atoms with van der Waals surface area (Å²) in [4.78, 5) is 2.42. The highest BCUT2D eigenvalue weighted by atomic mass is 16.3. The van der Waals surface area contributed by atoms with Gasteiger partial charge in [-0.25, -0.2) is 0 Å². The van der Waals surface area contributed by atoms with Crippen LogP contribution in [0.4, 0.5) is 17.1 Å². The predicted octanol–water partition coefficient (Wildman–Crippen LogP) is 17.2. The minimum Gasteiger partial charge on any atom is -0.456 e. The van der Waals surface area contributed by atoms with Gasteiger partial charge in [0.2, 0.25) is 0 Å². The van der Waals surface area contributed by atoms with Crippen LogP contribution in [-0.4, -0.2) is 0 Å². The van der Waals surface area contributed by atoms with Crippen molar-refractivity contribution < 1.29 is 4.42 Å². The molecule has 290 valence electrons. The lowest BCUT2D eigenvalue weighted by Crippen LogP contribution is -2.10.